The number of aromatic nitrogens is 1. The first kappa shape index (κ1) is 19.8. The van der Waals surface area contributed by atoms with Crippen LogP contribution in [-0.2, 0) is 9.53 Å². The molecule has 1 aromatic carbocycles. The predicted molar refractivity (Wildman–Crippen MR) is 109 cm³/mol. The van der Waals surface area contributed by atoms with Crippen molar-refractivity contribution in [1.29, 1.82) is 0 Å². The molecule has 0 bridgehead atoms. The first-order valence-corrected chi connectivity index (χ1v) is 9.91. The van der Waals surface area contributed by atoms with Crippen LogP contribution in [0.2, 0.25) is 0 Å². The molecule has 0 radical (unpaired) electrons. The lowest BCUT2D eigenvalue weighted by molar-refractivity contribution is -0.149. The van der Waals surface area contributed by atoms with Crippen LogP contribution < -0.4 is 5.32 Å². The number of benzene rings is 1. The highest BCUT2D eigenvalue weighted by Crippen LogP contribution is 2.20. The van der Waals surface area contributed by atoms with Gasteiger partial charge in [-0.1, -0.05) is 38.1 Å². The van der Waals surface area contributed by atoms with E-state index in [9.17, 15) is 14.4 Å². The zero-order valence-corrected chi connectivity index (χ0v) is 16.7. The van der Waals surface area contributed by atoms with Gasteiger partial charge < -0.3 is 15.0 Å². The zero-order valence-electron chi connectivity index (χ0n) is 15.9. The van der Waals surface area contributed by atoms with E-state index in [1.807, 2.05) is 38.1 Å². The van der Waals surface area contributed by atoms with E-state index in [1.165, 1.54) is 11.3 Å². The third kappa shape index (κ3) is 4.14. The number of carbonyl (C=O) groups excluding carboxylic acids is 3. The fourth-order valence-electron chi connectivity index (χ4n) is 2.91. The number of hydrogen-bond donors (Lipinski definition) is 2. The van der Waals surface area contributed by atoms with Crippen molar-refractivity contribution < 1.29 is 19.1 Å². The average Bonchev–Trinajstić information content (AvgIpc) is 3.34. The van der Waals surface area contributed by atoms with Gasteiger partial charge in [-0.15, -0.1) is 11.3 Å². The largest absolute Gasteiger partial charge is 0.453 e. The third-order valence-electron chi connectivity index (χ3n) is 4.47. The number of carbonyl (C=O) groups is 3. The summed E-state index contributed by atoms with van der Waals surface area (Å²) in [7, 11) is 0. The van der Waals surface area contributed by atoms with Crippen molar-refractivity contribution >= 4 is 39.9 Å². The third-order valence-corrected chi connectivity index (χ3v) is 5.34. The number of rotatable bonds is 7. The molecule has 0 saturated carbocycles. The number of amides is 1. The van der Waals surface area contributed by atoms with Crippen LogP contribution in [0.1, 0.15) is 40.8 Å². The van der Waals surface area contributed by atoms with E-state index < -0.39 is 18.1 Å². The van der Waals surface area contributed by atoms with E-state index in [1.54, 1.807) is 30.6 Å². The summed E-state index contributed by atoms with van der Waals surface area (Å²) in [6.07, 6.45) is 0.655. The van der Waals surface area contributed by atoms with Crippen LogP contribution in [0, 0.1) is 5.92 Å². The van der Waals surface area contributed by atoms with Crippen LogP contribution >= 0.6 is 11.3 Å². The molecule has 0 unspecified atom stereocenters. The van der Waals surface area contributed by atoms with E-state index in [2.05, 4.69) is 10.3 Å². The maximum absolute atomic E-state index is 12.8. The molecule has 3 aromatic rings. The SMILES string of the molecule is CC(C)[C@@H](NC(=O)c1cccs1)C(=O)O[C@H](C)C(=O)c1c[nH]c2ccccc12. The topological polar surface area (TPSA) is 88.3 Å². The van der Waals surface area contributed by atoms with Gasteiger partial charge >= 0.3 is 5.97 Å². The van der Waals surface area contributed by atoms with Crippen LogP contribution in [0.15, 0.2) is 48.0 Å². The molecular weight excluding hydrogens is 376 g/mol. The van der Waals surface area contributed by atoms with E-state index in [-0.39, 0.29) is 17.6 Å². The van der Waals surface area contributed by atoms with Crippen molar-refractivity contribution in [3.05, 3.63) is 58.4 Å². The fourth-order valence-corrected chi connectivity index (χ4v) is 3.54. The molecule has 3 rings (SSSR count). The maximum Gasteiger partial charge on any atom is 0.329 e. The molecule has 0 aliphatic carbocycles. The van der Waals surface area contributed by atoms with Crippen molar-refractivity contribution in [3.8, 4) is 0 Å². The Morgan fingerprint density at radius 3 is 2.50 bits per heavy atom. The minimum Gasteiger partial charge on any atom is -0.453 e. The van der Waals surface area contributed by atoms with Crippen molar-refractivity contribution in [2.45, 2.75) is 32.9 Å². The predicted octanol–water partition coefficient (Wildman–Crippen LogP) is 3.80. The standard InChI is InChI=1S/C21H22N2O4S/c1-12(2)18(23-20(25)17-9-6-10-28-17)21(26)27-13(3)19(24)15-11-22-16-8-5-4-7-14(15)16/h4-13,18,22H,1-3H3,(H,23,25)/t13-,18-/m1/s1. The summed E-state index contributed by atoms with van der Waals surface area (Å²) in [4.78, 5) is 41.3. The van der Waals surface area contributed by atoms with Crippen molar-refractivity contribution in [2.75, 3.05) is 0 Å². The molecule has 1 amide bonds. The Hall–Kier alpha value is -2.93. The van der Waals surface area contributed by atoms with Crippen LogP contribution in [0.25, 0.3) is 10.9 Å². The molecule has 7 heteroatoms. The number of fused-ring (bicyclic) bond motifs is 1. The molecule has 0 fully saturated rings. The van der Waals surface area contributed by atoms with Gasteiger partial charge in [0.1, 0.15) is 6.04 Å². The summed E-state index contributed by atoms with van der Waals surface area (Å²) in [6, 6.07) is 10.0. The lowest BCUT2D eigenvalue weighted by Crippen LogP contribution is -2.46. The molecule has 0 spiro atoms. The molecule has 146 valence electrons. The summed E-state index contributed by atoms with van der Waals surface area (Å²) in [5, 5.41) is 5.28. The summed E-state index contributed by atoms with van der Waals surface area (Å²) in [5.41, 5.74) is 1.31. The molecule has 2 atom stereocenters. The smallest absolute Gasteiger partial charge is 0.329 e. The Balaban J connectivity index is 1.70. The van der Waals surface area contributed by atoms with E-state index in [0.717, 1.165) is 10.9 Å². The Kier molecular flexibility index (Phi) is 5.94. The highest BCUT2D eigenvalue weighted by atomic mass is 32.1. The summed E-state index contributed by atoms with van der Waals surface area (Å²) in [5.74, 6) is -1.44. The Morgan fingerprint density at radius 2 is 1.82 bits per heavy atom. The van der Waals surface area contributed by atoms with Gasteiger partial charge in [0.25, 0.3) is 5.91 Å². The van der Waals surface area contributed by atoms with Gasteiger partial charge in [0, 0.05) is 22.7 Å². The number of ketones is 1. The quantitative estimate of drug-likeness (QED) is 0.468. The maximum atomic E-state index is 12.8. The minimum atomic E-state index is -0.966. The Labute approximate surface area is 166 Å². The van der Waals surface area contributed by atoms with Crippen molar-refractivity contribution in [1.82, 2.24) is 10.3 Å². The fraction of sp³-hybridized carbons (Fsp3) is 0.286. The van der Waals surface area contributed by atoms with Gasteiger partial charge in [-0.05, 0) is 30.4 Å². The van der Waals surface area contributed by atoms with Gasteiger partial charge in [-0.2, -0.15) is 0 Å². The zero-order chi connectivity index (χ0) is 20.3. The lowest BCUT2D eigenvalue weighted by atomic mass is 10.0. The van der Waals surface area contributed by atoms with Gasteiger partial charge in [0.15, 0.2) is 6.10 Å². The first-order valence-electron chi connectivity index (χ1n) is 9.03. The van der Waals surface area contributed by atoms with Crippen LogP contribution in [-0.4, -0.2) is 34.8 Å². The van der Waals surface area contributed by atoms with E-state index in [4.69, 9.17) is 4.74 Å². The number of esters is 1. The highest BCUT2D eigenvalue weighted by molar-refractivity contribution is 7.12. The van der Waals surface area contributed by atoms with Gasteiger partial charge in [-0.25, -0.2) is 4.79 Å². The lowest BCUT2D eigenvalue weighted by Gasteiger charge is -2.22. The number of nitrogens with one attached hydrogen (secondary N) is 2. The number of H-pyrrole nitrogens is 1. The molecular formula is C21H22N2O4S. The van der Waals surface area contributed by atoms with Crippen LogP contribution in [0.5, 0.6) is 0 Å². The minimum absolute atomic E-state index is 0.188. The summed E-state index contributed by atoms with van der Waals surface area (Å²) >= 11 is 1.29. The summed E-state index contributed by atoms with van der Waals surface area (Å²) in [6.45, 7) is 5.17. The number of aromatic amines is 1. The van der Waals surface area contributed by atoms with Gasteiger partial charge in [0.05, 0.1) is 4.88 Å². The second-order valence-corrected chi connectivity index (χ2v) is 7.81. The van der Waals surface area contributed by atoms with Gasteiger partial charge in [-0.3, -0.25) is 9.59 Å². The number of hydrogen-bond acceptors (Lipinski definition) is 5. The molecule has 28 heavy (non-hydrogen) atoms. The number of para-hydroxylation sites is 1. The molecule has 0 aliphatic heterocycles. The Bertz CT molecular complexity index is 991. The molecule has 2 heterocycles. The highest BCUT2D eigenvalue weighted by Gasteiger charge is 2.30. The first-order chi connectivity index (χ1) is 13.4. The molecule has 2 N–H and O–H groups in total. The monoisotopic (exact) mass is 398 g/mol. The molecule has 0 saturated heterocycles. The number of Topliss-reactive ketones (excluding diaryl/α,β-unsaturated/α-hetero) is 1. The molecule has 0 aliphatic rings. The second-order valence-electron chi connectivity index (χ2n) is 6.86. The van der Waals surface area contributed by atoms with E-state index in [0.29, 0.717) is 10.4 Å². The van der Waals surface area contributed by atoms with Crippen molar-refractivity contribution in [3.63, 3.8) is 0 Å². The average molecular weight is 398 g/mol. The van der Waals surface area contributed by atoms with Crippen molar-refractivity contribution in [2.24, 2.45) is 5.92 Å². The number of ether oxygens (including phenoxy) is 1. The van der Waals surface area contributed by atoms with E-state index >= 15 is 0 Å². The summed E-state index contributed by atoms with van der Waals surface area (Å²) < 4.78 is 5.41. The second kappa shape index (κ2) is 8.39. The van der Waals surface area contributed by atoms with Gasteiger partial charge in [0.2, 0.25) is 5.78 Å². The molecule has 2 aromatic heterocycles. The van der Waals surface area contributed by atoms with Crippen LogP contribution in [0.4, 0.5) is 0 Å². The normalized spacial score (nSPS) is 13.3. The number of thiophene rings is 1. The van der Waals surface area contributed by atoms with Crippen LogP contribution in [0.3, 0.4) is 0 Å². The molecule has 6 nitrogen and oxygen atoms in total. The Morgan fingerprint density at radius 1 is 1.07 bits per heavy atom.